The molecule has 1 aromatic rings. The molecule has 0 saturated carbocycles. The van der Waals surface area contributed by atoms with Crippen LogP contribution in [0.4, 0.5) is 0 Å². The molecule has 3 nitrogen and oxygen atoms in total. The van der Waals surface area contributed by atoms with Crippen molar-refractivity contribution < 1.29 is 14.3 Å². The number of ether oxygens (including phenoxy) is 2. The third-order valence-electron chi connectivity index (χ3n) is 4.08. The second-order valence-electron chi connectivity index (χ2n) is 5.99. The Bertz CT molecular complexity index is 495. The average Bonchev–Trinajstić information content (AvgIpc) is 3.14. The lowest BCUT2D eigenvalue weighted by Crippen LogP contribution is -2.24. The van der Waals surface area contributed by atoms with Crippen molar-refractivity contribution in [1.82, 2.24) is 0 Å². The molecule has 1 aliphatic heterocycles. The molecule has 3 heteroatoms. The fraction of sp³-hybridized carbons (Fsp3) is 0.611. The summed E-state index contributed by atoms with van der Waals surface area (Å²) in [4.78, 5) is 11.5. The summed E-state index contributed by atoms with van der Waals surface area (Å²) in [5.74, 6) is 0.930. The first kappa shape index (κ1) is 16.0. The molecule has 0 amide bonds. The summed E-state index contributed by atoms with van der Waals surface area (Å²) in [5, 5.41) is 0. The van der Waals surface area contributed by atoms with Crippen LogP contribution < -0.4 is 4.74 Å². The molecule has 0 bridgehead atoms. The van der Waals surface area contributed by atoms with Gasteiger partial charge in [-0.15, -0.1) is 0 Å². The Labute approximate surface area is 127 Å². The number of epoxide rings is 1. The third kappa shape index (κ3) is 4.31. The zero-order valence-electron chi connectivity index (χ0n) is 13.5. The van der Waals surface area contributed by atoms with Crippen molar-refractivity contribution in [2.75, 3.05) is 0 Å². The molecule has 1 fully saturated rings. The standard InChI is InChI=1S/C18H26O3/c1-5-6-7-8-17(18-14(4)20-18)21-15-9-10-16(13(3)19)12(2)11-15/h9-11,14,17-18H,5-8H2,1-4H3. The van der Waals surface area contributed by atoms with Crippen LogP contribution in [-0.4, -0.2) is 24.1 Å². The molecular formula is C18H26O3. The number of carbonyl (C=O) groups excluding carboxylic acids is 1. The van der Waals surface area contributed by atoms with E-state index in [9.17, 15) is 4.79 Å². The number of rotatable bonds is 8. The highest BCUT2D eigenvalue weighted by molar-refractivity contribution is 5.95. The zero-order chi connectivity index (χ0) is 15.4. The van der Waals surface area contributed by atoms with Crippen molar-refractivity contribution in [3.05, 3.63) is 29.3 Å². The van der Waals surface area contributed by atoms with Gasteiger partial charge in [-0.25, -0.2) is 0 Å². The van der Waals surface area contributed by atoms with Crippen LogP contribution in [0.3, 0.4) is 0 Å². The van der Waals surface area contributed by atoms with Crippen molar-refractivity contribution >= 4 is 5.78 Å². The summed E-state index contributed by atoms with van der Waals surface area (Å²) in [7, 11) is 0. The maximum atomic E-state index is 11.5. The molecule has 1 saturated heterocycles. The molecular weight excluding hydrogens is 264 g/mol. The topological polar surface area (TPSA) is 38.8 Å². The van der Waals surface area contributed by atoms with E-state index < -0.39 is 0 Å². The molecule has 3 atom stereocenters. The molecule has 3 unspecified atom stereocenters. The van der Waals surface area contributed by atoms with Gasteiger partial charge in [-0.05, 0) is 57.4 Å². The molecule has 0 spiro atoms. The lowest BCUT2D eigenvalue weighted by atomic mass is 10.0. The number of carbonyl (C=O) groups is 1. The Morgan fingerprint density at radius 2 is 2.10 bits per heavy atom. The van der Waals surface area contributed by atoms with Crippen LogP contribution in [0.5, 0.6) is 5.75 Å². The lowest BCUT2D eigenvalue weighted by molar-refractivity contribution is 0.101. The molecule has 0 aliphatic carbocycles. The number of unbranched alkanes of at least 4 members (excludes halogenated alkanes) is 2. The van der Waals surface area contributed by atoms with Crippen LogP contribution >= 0.6 is 0 Å². The van der Waals surface area contributed by atoms with Crippen molar-refractivity contribution in [3.8, 4) is 5.75 Å². The normalized spacial score (nSPS) is 21.9. The van der Waals surface area contributed by atoms with E-state index in [1.165, 1.54) is 12.8 Å². The van der Waals surface area contributed by atoms with Gasteiger partial charge in [-0.1, -0.05) is 19.8 Å². The van der Waals surface area contributed by atoms with Crippen LogP contribution in [0.15, 0.2) is 18.2 Å². The first-order chi connectivity index (χ1) is 10.0. The molecule has 1 aliphatic rings. The highest BCUT2D eigenvalue weighted by Gasteiger charge is 2.42. The minimum absolute atomic E-state index is 0.0951. The quantitative estimate of drug-likeness (QED) is 0.407. The van der Waals surface area contributed by atoms with E-state index >= 15 is 0 Å². The summed E-state index contributed by atoms with van der Waals surface area (Å²) in [6.45, 7) is 7.84. The average molecular weight is 290 g/mol. The van der Waals surface area contributed by atoms with Crippen molar-refractivity contribution in [1.29, 1.82) is 0 Å². The van der Waals surface area contributed by atoms with E-state index in [2.05, 4.69) is 13.8 Å². The van der Waals surface area contributed by atoms with Gasteiger partial charge in [0.2, 0.25) is 0 Å². The summed E-state index contributed by atoms with van der Waals surface area (Å²) >= 11 is 0. The van der Waals surface area contributed by atoms with Gasteiger partial charge in [-0.3, -0.25) is 4.79 Å². The zero-order valence-corrected chi connectivity index (χ0v) is 13.5. The Hall–Kier alpha value is -1.35. The molecule has 0 N–H and O–H groups in total. The van der Waals surface area contributed by atoms with E-state index in [1.54, 1.807) is 6.92 Å². The first-order valence-corrected chi connectivity index (χ1v) is 7.96. The number of ketones is 1. The van der Waals surface area contributed by atoms with E-state index in [1.807, 2.05) is 25.1 Å². The maximum Gasteiger partial charge on any atom is 0.160 e. The number of aryl methyl sites for hydroxylation is 1. The molecule has 0 aromatic heterocycles. The minimum Gasteiger partial charge on any atom is -0.488 e. The van der Waals surface area contributed by atoms with Gasteiger partial charge in [0, 0.05) is 5.56 Å². The smallest absolute Gasteiger partial charge is 0.160 e. The Morgan fingerprint density at radius 3 is 2.62 bits per heavy atom. The largest absolute Gasteiger partial charge is 0.488 e. The fourth-order valence-electron chi connectivity index (χ4n) is 2.76. The highest BCUT2D eigenvalue weighted by atomic mass is 16.6. The minimum atomic E-state index is 0.0951. The van der Waals surface area contributed by atoms with Crippen LogP contribution in [0.1, 0.15) is 62.4 Å². The van der Waals surface area contributed by atoms with E-state index in [-0.39, 0.29) is 18.0 Å². The lowest BCUT2D eigenvalue weighted by Gasteiger charge is -2.18. The van der Waals surface area contributed by atoms with Crippen LogP contribution in [0, 0.1) is 6.92 Å². The molecule has 1 heterocycles. The Balaban J connectivity index is 2.02. The summed E-state index contributed by atoms with van der Waals surface area (Å²) in [5.41, 5.74) is 1.73. The SMILES string of the molecule is CCCCCC(Oc1ccc(C(C)=O)c(C)c1)C1OC1C. The monoisotopic (exact) mass is 290 g/mol. The summed E-state index contributed by atoms with van der Waals surface area (Å²) in [6.07, 6.45) is 5.26. The molecule has 2 rings (SSSR count). The fourth-order valence-corrected chi connectivity index (χ4v) is 2.76. The highest BCUT2D eigenvalue weighted by Crippen LogP contribution is 2.31. The van der Waals surface area contributed by atoms with Crippen molar-refractivity contribution in [2.45, 2.75) is 71.7 Å². The van der Waals surface area contributed by atoms with Crippen LogP contribution in [0.25, 0.3) is 0 Å². The second kappa shape index (κ2) is 7.08. The third-order valence-corrected chi connectivity index (χ3v) is 4.08. The van der Waals surface area contributed by atoms with Gasteiger partial charge in [0.25, 0.3) is 0 Å². The van der Waals surface area contributed by atoms with E-state index in [0.717, 1.165) is 29.7 Å². The molecule has 21 heavy (non-hydrogen) atoms. The molecule has 1 aromatic carbocycles. The number of hydrogen-bond donors (Lipinski definition) is 0. The van der Waals surface area contributed by atoms with Crippen LogP contribution in [0.2, 0.25) is 0 Å². The van der Waals surface area contributed by atoms with Gasteiger partial charge in [0.1, 0.15) is 18.0 Å². The first-order valence-electron chi connectivity index (χ1n) is 7.96. The van der Waals surface area contributed by atoms with E-state index in [4.69, 9.17) is 9.47 Å². The van der Waals surface area contributed by atoms with Crippen LogP contribution in [-0.2, 0) is 4.74 Å². The number of hydrogen-bond acceptors (Lipinski definition) is 3. The predicted octanol–water partition coefficient (Wildman–Crippen LogP) is 4.31. The Morgan fingerprint density at radius 1 is 1.38 bits per heavy atom. The second-order valence-corrected chi connectivity index (χ2v) is 5.99. The van der Waals surface area contributed by atoms with Gasteiger partial charge in [0.05, 0.1) is 6.10 Å². The summed E-state index contributed by atoms with van der Waals surface area (Å²) in [6, 6.07) is 5.70. The maximum absolute atomic E-state index is 11.5. The Kier molecular flexibility index (Phi) is 5.40. The van der Waals surface area contributed by atoms with Gasteiger partial charge in [-0.2, -0.15) is 0 Å². The van der Waals surface area contributed by atoms with Gasteiger partial charge in [0.15, 0.2) is 5.78 Å². The van der Waals surface area contributed by atoms with Gasteiger partial charge >= 0.3 is 0 Å². The predicted molar refractivity (Wildman–Crippen MR) is 84.1 cm³/mol. The van der Waals surface area contributed by atoms with Crippen molar-refractivity contribution in [3.63, 3.8) is 0 Å². The van der Waals surface area contributed by atoms with Gasteiger partial charge < -0.3 is 9.47 Å². The van der Waals surface area contributed by atoms with E-state index in [0.29, 0.717) is 6.10 Å². The number of Topliss-reactive ketones (excluding diaryl/α,β-unsaturated/α-hetero) is 1. The summed E-state index contributed by atoms with van der Waals surface area (Å²) < 4.78 is 11.7. The number of benzene rings is 1. The van der Waals surface area contributed by atoms with Crippen molar-refractivity contribution in [2.24, 2.45) is 0 Å². The molecule has 0 radical (unpaired) electrons. The molecule has 116 valence electrons.